The molecule has 0 saturated heterocycles. The second kappa shape index (κ2) is 6.10. The zero-order chi connectivity index (χ0) is 13.9. The molecule has 20 heavy (non-hydrogen) atoms. The van der Waals surface area contributed by atoms with Gasteiger partial charge < -0.3 is 5.32 Å². The number of hydrogen-bond acceptors (Lipinski definition) is 4. The van der Waals surface area contributed by atoms with Crippen LogP contribution in [0.25, 0.3) is 0 Å². The Labute approximate surface area is 128 Å². The van der Waals surface area contributed by atoms with Crippen molar-refractivity contribution in [3.63, 3.8) is 0 Å². The van der Waals surface area contributed by atoms with Crippen LogP contribution >= 0.6 is 22.9 Å². The fourth-order valence-electron chi connectivity index (χ4n) is 2.66. The van der Waals surface area contributed by atoms with E-state index in [1.165, 1.54) is 30.5 Å². The number of nitrogens with one attached hydrogen (secondary N) is 1. The van der Waals surface area contributed by atoms with Gasteiger partial charge in [-0.05, 0) is 37.3 Å². The third-order valence-corrected chi connectivity index (χ3v) is 5.18. The summed E-state index contributed by atoms with van der Waals surface area (Å²) in [5.41, 5.74) is 2.57. The number of halogens is 1. The summed E-state index contributed by atoms with van der Waals surface area (Å²) in [6.07, 6.45) is 7.28. The van der Waals surface area contributed by atoms with E-state index in [4.69, 9.17) is 11.6 Å². The van der Waals surface area contributed by atoms with Crippen LogP contribution in [0.1, 0.15) is 40.6 Å². The number of rotatable bonds is 5. The Kier molecular flexibility index (Phi) is 4.22. The van der Waals surface area contributed by atoms with Gasteiger partial charge in [-0.2, -0.15) is 0 Å². The van der Waals surface area contributed by atoms with E-state index >= 15 is 0 Å². The van der Waals surface area contributed by atoms with Gasteiger partial charge in [0.25, 0.3) is 0 Å². The molecule has 0 atom stereocenters. The normalized spacial score (nSPS) is 13.5. The van der Waals surface area contributed by atoms with Gasteiger partial charge in [0.05, 0.1) is 6.54 Å². The third kappa shape index (κ3) is 2.81. The molecule has 5 heteroatoms. The number of aromatic nitrogens is 2. The van der Waals surface area contributed by atoms with Crippen molar-refractivity contribution in [1.29, 1.82) is 0 Å². The molecule has 1 aliphatic rings. The van der Waals surface area contributed by atoms with Crippen LogP contribution in [-0.4, -0.2) is 9.97 Å². The molecule has 0 radical (unpaired) electrons. The molecule has 0 saturated carbocycles. The number of anilines is 1. The van der Waals surface area contributed by atoms with Crippen LogP contribution < -0.4 is 5.32 Å². The maximum absolute atomic E-state index is 6.16. The highest BCUT2D eigenvalue weighted by molar-refractivity contribution is 7.12. The van der Waals surface area contributed by atoms with E-state index in [0.29, 0.717) is 5.15 Å². The number of aryl methyl sites for hydroxylation is 2. The molecule has 1 N–H and O–H groups in total. The lowest BCUT2D eigenvalue weighted by Gasteiger charge is -2.10. The Morgan fingerprint density at radius 3 is 3.05 bits per heavy atom. The molecule has 0 unspecified atom stereocenters. The first-order chi connectivity index (χ1) is 9.78. The first kappa shape index (κ1) is 13.8. The molecule has 1 aliphatic carbocycles. The van der Waals surface area contributed by atoms with Crippen molar-refractivity contribution in [2.75, 3.05) is 5.32 Å². The van der Waals surface area contributed by atoms with E-state index in [-0.39, 0.29) is 0 Å². The van der Waals surface area contributed by atoms with Crippen molar-refractivity contribution >= 4 is 28.8 Å². The minimum atomic E-state index is 0.568. The van der Waals surface area contributed by atoms with Crippen LogP contribution in [0.2, 0.25) is 5.15 Å². The maximum Gasteiger partial charge on any atom is 0.137 e. The second-order valence-corrected chi connectivity index (χ2v) is 6.69. The highest BCUT2D eigenvalue weighted by Gasteiger charge is 2.15. The molecule has 2 heterocycles. The van der Waals surface area contributed by atoms with E-state index in [2.05, 4.69) is 28.3 Å². The molecule has 3 rings (SSSR count). The zero-order valence-corrected chi connectivity index (χ0v) is 13.2. The third-order valence-electron chi connectivity index (χ3n) is 3.62. The topological polar surface area (TPSA) is 37.8 Å². The number of fused-ring (bicyclic) bond motifs is 1. The van der Waals surface area contributed by atoms with Gasteiger partial charge in [0.1, 0.15) is 17.3 Å². The highest BCUT2D eigenvalue weighted by atomic mass is 35.5. The van der Waals surface area contributed by atoms with Gasteiger partial charge in [0, 0.05) is 15.3 Å². The van der Waals surface area contributed by atoms with Gasteiger partial charge in [-0.15, -0.1) is 11.3 Å². The van der Waals surface area contributed by atoms with Gasteiger partial charge >= 0.3 is 0 Å². The fraction of sp³-hybridized carbons (Fsp3) is 0.467. The smallest absolute Gasteiger partial charge is 0.137 e. The molecule has 0 bridgehead atoms. The van der Waals surface area contributed by atoms with E-state index in [0.717, 1.165) is 30.8 Å². The molecular formula is C15H18ClN3S. The maximum atomic E-state index is 6.16. The predicted octanol–water partition coefficient (Wildman–Crippen LogP) is 4.24. The largest absolute Gasteiger partial charge is 0.365 e. The molecule has 2 aromatic heterocycles. The molecule has 3 nitrogen and oxygen atoms in total. The van der Waals surface area contributed by atoms with Crippen molar-refractivity contribution in [2.24, 2.45) is 0 Å². The average molecular weight is 308 g/mol. The monoisotopic (exact) mass is 307 g/mol. The standard InChI is InChI=1S/C15H18ClN3S/c1-2-4-12-14(16)18-9-19-15(12)17-8-11-7-10-5-3-6-13(10)20-11/h7,9H,2-6,8H2,1H3,(H,17,18,19). The quantitative estimate of drug-likeness (QED) is 0.839. The molecule has 2 aromatic rings. The highest BCUT2D eigenvalue weighted by Crippen LogP contribution is 2.31. The van der Waals surface area contributed by atoms with E-state index in [9.17, 15) is 0 Å². The summed E-state index contributed by atoms with van der Waals surface area (Å²) in [6.45, 7) is 2.96. The number of hydrogen-bond donors (Lipinski definition) is 1. The summed E-state index contributed by atoms with van der Waals surface area (Å²) in [5.74, 6) is 0.875. The minimum Gasteiger partial charge on any atom is -0.365 e. The number of nitrogens with zero attached hydrogens (tertiary/aromatic N) is 2. The van der Waals surface area contributed by atoms with Crippen LogP contribution in [0.5, 0.6) is 0 Å². The Morgan fingerprint density at radius 1 is 1.35 bits per heavy atom. The van der Waals surface area contributed by atoms with Crippen LogP contribution in [0.15, 0.2) is 12.4 Å². The lowest BCUT2D eigenvalue weighted by Crippen LogP contribution is -2.05. The predicted molar refractivity (Wildman–Crippen MR) is 84.7 cm³/mol. The molecule has 0 aromatic carbocycles. The summed E-state index contributed by atoms with van der Waals surface area (Å²) in [6, 6.07) is 2.34. The van der Waals surface area contributed by atoms with Crippen LogP contribution in [0.4, 0.5) is 5.82 Å². The fourth-order valence-corrected chi connectivity index (χ4v) is 4.09. The summed E-state index contributed by atoms with van der Waals surface area (Å²) in [4.78, 5) is 11.4. The lowest BCUT2D eigenvalue weighted by atomic mass is 10.2. The minimum absolute atomic E-state index is 0.568. The van der Waals surface area contributed by atoms with Gasteiger partial charge in [0.2, 0.25) is 0 Å². The first-order valence-corrected chi connectivity index (χ1v) is 8.31. The van der Waals surface area contributed by atoms with Crippen LogP contribution in [0.3, 0.4) is 0 Å². The average Bonchev–Trinajstić information content (AvgIpc) is 3.00. The Morgan fingerprint density at radius 2 is 2.25 bits per heavy atom. The van der Waals surface area contributed by atoms with Crippen LogP contribution in [-0.2, 0) is 25.8 Å². The summed E-state index contributed by atoms with van der Waals surface area (Å²) >= 11 is 8.09. The van der Waals surface area contributed by atoms with Crippen molar-refractivity contribution in [3.8, 4) is 0 Å². The van der Waals surface area contributed by atoms with Crippen molar-refractivity contribution in [1.82, 2.24) is 9.97 Å². The lowest BCUT2D eigenvalue weighted by molar-refractivity contribution is 0.897. The molecule has 0 fully saturated rings. The van der Waals surface area contributed by atoms with Crippen molar-refractivity contribution < 1.29 is 0 Å². The second-order valence-electron chi connectivity index (χ2n) is 5.11. The Bertz CT molecular complexity index is 588. The number of thiophene rings is 1. The molecule has 106 valence electrons. The molecule has 0 spiro atoms. The van der Waals surface area contributed by atoms with Crippen molar-refractivity contribution in [2.45, 2.75) is 45.6 Å². The van der Waals surface area contributed by atoms with Crippen LogP contribution in [0, 0.1) is 0 Å². The summed E-state index contributed by atoms with van der Waals surface area (Å²) in [7, 11) is 0. The van der Waals surface area contributed by atoms with E-state index in [1.807, 2.05) is 11.3 Å². The van der Waals surface area contributed by atoms with E-state index < -0.39 is 0 Å². The Balaban J connectivity index is 1.72. The molecular weight excluding hydrogens is 290 g/mol. The molecule has 0 amide bonds. The van der Waals surface area contributed by atoms with Gasteiger partial charge in [-0.1, -0.05) is 24.9 Å². The SMILES string of the molecule is CCCc1c(Cl)ncnc1NCc1cc2c(s1)CCC2. The van der Waals surface area contributed by atoms with Gasteiger partial charge in [0.15, 0.2) is 0 Å². The molecule has 0 aliphatic heterocycles. The first-order valence-electron chi connectivity index (χ1n) is 7.11. The van der Waals surface area contributed by atoms with E-state index in [1.54, 1.807) is 10.4 Å². The zero-order valence-electron chi connectivity index (χ0n) is 11.6. The van der Waals surface area contributed by atoms with Gasteiger partial charge in [-0.3, -0.25) is 0 Å². The van der Waals surface area contributed by atoms with Crippen molar-refractivity contribution in [3.05, 3.63) is 38.4 Å². The van der Waals surface area contributed by atoms with Gasteiger partial charge in [-0.25, -0.2) is 9.97 Å². The Hall–Kier alpha value is -1.13. The summed E-state index contributed by atoms with van der Waals surface area (Å²) in [5, 5.41) is 3.99. The summed E-state index contributed by atoms with van der Waals surface area (Å²) < 4.78 is 0.